The van der Waals surface area contributed by atoms with Crippen molar-refractivity contribution >= 4 is 17.4 Å². The zero-order valence-corrected chi connectivity index (χ0v) is 15.4. The Morgan fingerprint density at radius 3 is 2.46 bits per heavy atom. The molecular weight excluding hydrogens is 328 g/mol. The van der Waals surface area contributed by atoms with Gasteiger partial charge >= 0.3 is 0 Å². The first kappa shape index (κ1) is 17.7. The molecule has 6 heteroatoms. The van der Waals surface area contributed by atoms with Gasteiger partial charge in [0.1, 0.15) is 23.1 Å². The van der Waals surface area contributed by atoms with Crippen LogP contribution in [-0.2, 0) is 6.54 Å². The highest BCUT2D eigenvalue weighted by atomic mass is 16.3. The second-order valence-corrected chi connectivity index (χ2v) is 6.35. The van der Waals surface area contributed by atoms with Gasteiger partial charge in [-0.25, -0.2) is 9.97 Å². The largest absolute Gasteiger partial charge is 0.467 e. The van der Waals surface area contributed by atoms with Crippen molar-refractivity contribution in [1.29, 1.82) is 0 Å². The summed E-state index contributed by atoms with van der Waals surface area (Å²) in [7, 11) is 0. The van der Waals surface area contributed by atoms with Gasteiger partial charge in [-0.05, 0) is 51.0 Å². The lowest BCUT2D eigenvalue weighted by Crippen LogP contribution is -2.17. The number of aromatic nitrogens is 2. The Morgan fingerprint density at radius 2 is 1.81 bits per heavy atom. The molecule has 2 heterocycles. The lowest BCUT2D eigenvalue weighted by atomic mass is 10.0. The van der Waals surface area contributed by atoms with Crippen molar-refractivity contribution in [3.8, 4) is 0 Å². The molecule has 0 aliphatic heterocycles. The third kappa shape index (κ3) is 4.08. The SMILES string of the molecule is Cc1cc(C)c(NC(=O)c2cc(NCc3ccco3)nc(C)n2)c(C)c1. The van der Waals surface area contributed by atoms with Gasteiger partial charge in [-0.2, -0.15) is 0 Å². The van der Waals surface area contributed by atoms with E-state index in [1.807, 2.05) is 45.0 Å². The summed E-state index contributed by atoms with van der Waals surface area (Å²) in [4.78, 5) is 21.3. The Hall–Kier alpha value is -3.15. The van der Waals surface area contributed by atoms with E-state index in [9.17, 15) is 4.79 Å². The van der Waals surface area contributed by atoms with Gasteiger partial charge in [0.05, 0.1) is 12.8 Å². The Kier molecular flexibility index (Phi) is 5.02. The molecule has 0 radical (unpaired) electrons. The summed E-state index contributed by atoms with van der Waals surface area (Å²) < 4.78 is 5.29. The average molecular weight is 350 g/mol. The predicted molar refractivity (Wildman–Crippen MR) is 101 cm³/mol. The number of anilines is 2. The van der Waals surface area contributed by atoms with Crippen LogP contribution in [0.2, 0.25) is 0 Å². The van der Waals surface area contributed by atoms with Crippen LogP contribution in [0, 0.1) is 27.7 Å². The van der Waals surface area contributed by atoms with Gasteiger partial charge < -0.3 is 15.1 Å². The van der Waals surface area contributed by atoms with Crippen LogP contribution in [0.5, 0.6) is 0 Å². The van der Waals surface area contributed by atoms with Crippen molar-refractivity contribution in [3.63, 3.8) is 0 Å². The molecule has 0 unspecified atom stereocenters. The maximum absolute atomic E-state index is 12.7. The number of hydrogen-bond acceptors (Lipinski definition) is 5. The molecule has 3 aromatic rings. The van der Waals surface area contributed by atoms with E-state index in [0.717, 1.165) is 22.6 Å². The number of benzene rings is 1. The first-order chi connectivity index (χ1) is 12.4. The zero-order valence-electron chi connectivity index (χ0n) is 15.4. The zero-order chi connectivity index (χ0) is 18.7. The molecule has 0 spiro atoms. The summed E-state index contributed by atoms with van der Waals surface area (Å²) in [6.07, 6.45) is 1.62. The van der Waals surface area contributed by atoms with Crippen molar-refractivity contribution in [2.45, 2.75) is 34.2 Å². The highest BCUT2D eigenvalue weighted by Gasteiger charge is 2.14. The second-order valence-electron chi connectivity index (χ2n) is 6.35. The standard InChI is InChI=1S/C20H22N4O2/c1-12-8-13(2)19(14(3)9-12)24-20(25)17-10-18(23-15(4)22-17)21-11-16-6-5-7-26-16/h5-10H,11H2,1-4H3,(H,24,25)(H,21,22,23). The van der Waals surface area contributed by atoms with Crippen LogP contribution < -0.4 is 10.6 Å². The lowest BCUT2D eigenvalue weighted by Gasteiger charge is -2.13. The number of carbonyl (C=O) groups excluding carboxylic acids is 1. The molecule has 134 valence electrons. The fourth-order valence-electron chi connectivity index (χ4n) is 2.92. The number of rotatable bonds is 5. The minimum atomic E-state index is -0.258. The second kappa shape index (κ2) is 7.39. The number of amides is 1. The van der Waals surface area contributed by atoms with Crippen molar-refractivity contribution in [2.75, 3.05) is 10.6 Å². The Morgan fingerprint density at radius 1 is 1.08 bits per heavy atom. The number of hydrogen-bond donors (Lipinski definition) is 2. The molecule has 6 nitrogen and oxygen atoms in total. The minimum Gasteiger partial charge on any atom is -0.467 e. The lowest BCUT2D eigenvalue weighted by molar-refractivity contribution is 0.102. The van der Waals surface area contributed by atoms with Gasteiger partial charge in [0.15, 0.2) is 0 Å². The smallest absolute Gasteiger partial charge is 0.274 e. The minimum absolute atomic E-state index is 0.258. The normalized spacial score (nSPS) is 10.6. The molecule has 1 aromatic carbocycles. The van der Waals surface area contributed by atoms with Gasteiger partial charge in [-0.1, -0.05) is 17.7 Å². The van der Waals surface area contributed by atoms with Crippen LogP contribution in [0.3, 0.4) is 0 Å². The molecule has 0 saturated heterocycles. The molecule has 1 amide bonds. The summed E-state index contributed by atoms with van der Waals surface area (Å²) in [5, 5.41) is 6.12. The number of carbonyl (C=O) groups is 1. The van der Waals surface area contributed by atoms with Crippen molar-refractivity contribution < 1.29 is 9.21 Å². The van der Waals surface area contributed by atoms with Crippen molar-refractivity contribution in [2.24, 2.45) is 0 Å². The molecule has 0 saturated carbocycles. The maximum Gasteiger partial charge on any atom is 0.274 e. The number of nitrogens with zero attached hydrogens (tertiary/aromatic N) is 2. The molecule has 0 bridgehead atoms. The molecular formula is C20H22N4O2. The molecule has 3 rings (SSSR count). The Bertz CT molecular complexity index is 910. The average Bonchev–Trinajstić information content (AvgIpc) is 3.09. The van der Waals surface area contributed by atoms with Gasteiger partial charge in [0, 0.05) is 11.8 Å². The predicted octanol–water partition coefficient (Wildman–Crippen LogP) is 4.17. The van der Waals surface area contributed by atoms with Crippen LogP contribution in [-0.4, -0.2) is 15.9 Å². The fraction of sp³-hybridized carbons (Fsp3) is 0.250. The van der Waals surface area contributed by atoms with Crippen LogP contribution in [0.15, 0.2) is 41.0 Å². The van der Waals surface area contributed by atoms with E-state index in [0.29, 0.717) is 23.9 Å². The van der Waals surface area contributed by atoms with Crippen molar-refractivity contribution in [1.82, 2.24) is 9.97 Å². The van der Waals surface area contributed by atoms with Crippen LogP contribution in [0.4, 0.5) is 11.5 Å². The maximum atomic E-state index is 12.7. The molecule has 0 atom stereocenters. The Labute approximate surface area is 152 Å². The highest BCUT2D eigenvalue weighted by Crippen LogP contribution is 2.22. The van der Waals surface area contributed by atoms with Crippen molar-refractivity contribution in [3.05, 3.63) is 70.6 Å². The third-order valence-electron chi connectivity index (χ3n) is 4.01. The quantitative estimate of drug-likeness (QED) is 0.722. The summed E-state index contributed by atoms with van der Waals surface area (Å²) in [6, 6.07) is 9.43. The molecule has 0 aliphatic rings. The van der Waals surface area contributed by atoms with E-state index in [1.165, 1.54) is 5.56 Å². The summed E-state index contributed by atoms with van der Waals surface area (Å²) in [6.45, 7) is 8.25. The van der Waals surface area contributed by atoms with E-state index < -0.39 is 0 Å². The summed E-state index contributed by atoms with van der Waals surface area (Å²) >= 11 is 0. The van der Waals surface area contributed by atoms with E-state index in [-0.39, 0.29) is 5.91 Å². The van der Waals surface area contributed by atoms with Crippen LogP contribution >= 0.6 is 0 Å². The molecule has 0 aliphatic carbocycles. The Balaban J connectivity index is 1.79. The third-order valence-corrected chi connectivity index (χ3v) is 4.01. The van der Waals surface area contributed by atoms with E-state index >= 15 is 0 Å². The van der Waals surface area contributed by atoms with Crippen LogP contribution in [0.1, 0.15) is 38.8 Å². The number of furan rings is 1. The molecule has 2 aromatic heterocycles. The van der Waals surface area contributed by atoms with Gasteiger partial charge in [0.25, 0.3) is 5.91 Å². The van der Waals surface area contributed by atoms with Gasteiger partial charge in [-0.3, -0.25) is 4.79 Å². The van der Waals surface area contributed by atoms with E-state index in [4.69, 9.17) is 4.42 Å². The first-order valence-corrected chi connectivity index (χ1v) is 8.43. The molecule has 26 heavy (non-hydrogen) atoms. The number of aryl methyl sites for hydroxylation is 4. The first-order valence-electron chi connectivity index (χ1n) is 8.43. The van der Waals surface area contributed by atoms with Gasteiger partial charge in [0.2, 0.25) is 0 Å². The van der Waals surface area contributed by atoms with E-state index in [2.05, 4.69) is 20.6 Å². The van der Waals surface area contributed by atoms with Crippen LogP contribution in [0.25, 0.3) is 0 Å². The monoisotopic (exact) mass is 350 g/mol. The summed E-state index contributed by atoms with van der Waals surface area (Å²) in [5.74, 6) is 1.64. The molecule has 2 N–H and O–H groups in total. The fourth-order valence-corrected chi connectivity index (χ4v) is 2.92. The topological polar surface area (TPSA) is 80.0 Å². The number of nitrogens with one attached hydrogen (secondary N) is 2. The van der Waals surface area contributed by atoms with Gasteiger partial charge in [-0.15, -0.1) is 0 Å². The van der Waals surface area contributed by atoms with E-state index in [1.54, 1.807) is 19.3 Å². The highest BCUT2D eigenvalue weighted by molar-refractivity contribution is 6.04. The molecule has 0 fully saturated rings. The summed E-state index contributed by atoms with van der Waals surface area (Å²) in [5.41, 5.74) is 4.36.